The minimum absolute atomic E-state index is 0.360. The van der Waals surface area contributed by atoms with Crippen LogP contribution in [0.5, 0.6) is 0 Å². The van der Waals surface area contributed by atoms with Gasteiger partial charge in [0.2, 0.25) is 0 Å². The van der Waals surface area contributed by atoms with Crippen molar-refractivity contribution >= 4 is 38.2 Å². The van der Waals surface area contributed by atoms with E-state index in [1.54, 1.807) is 6.20 Å². The third-order valence-electron chi connectivity index (χ3n) is 4.15. The van der Waals surface area contributed by atoms with E-state index in [0.717, 1.165) is 47.1 Å². The van der Waals surface area contributed by atoms with E-state index in [1.165, 1.54) is 0 Å². The van der Waals surface area contributed by atoms with Gasteiger partial charge in [0, 0.05) is 28.9 Å². The summed E-state index contributed by atoms with van der Waals surface area (Å²) < 4.78 is 6.78. The largest absolute Gasteiger partial charge is 0.396 e. The average molecular weight is 350 g/mol. The molecule has 2 unspecified atom stereocenters. The predicted molar refractivity (Wildman–Crippen MR) is 90.5 cm³/mol. The fourth-order valence-corrected chi connectivity index (χ4v) is 3.35. The lowest BCUT2D eigenvalue weighted by Gasteiger charge is -2.19. The number of pyridine rings is 1. The highest BCUT2D eigenvalue weighted by Crippen LogP contribution is 2.31. The molecule has 0 spiro atoms. The number of benzene rings is 1. The van der Waals surface area contributed by atoms with E-state index in [4.69, 9.17) is 10.5 Å². The fourth-order valence-electron chi connectivity index (χ4n) is 2.99. The normalized spacial score (nSPS) is 21.8. The Morgan fingerprint density at radius 2 is 2.33 bits per heavy atom. The first-order valence-electron chi connectivity index (χ1n) is 7.38. The average Bonchev–Trinajstić information content (AvgIpc) is 2.93. The van der Waals surface area contributed by atoms with E-state index >= 15 is 0 Å². The summed E-state index contributed by atoms with van der Waals surface area (Å²) in [5, 5.41) is 4.58. The van der Waals surface area contributed by atoms with E-state index in [1.807, 2.05) is 12.1 Å². The van der Waals surface area contributed by atoms with Gasteiger partial charge in [0.1, 0.15) is 0 Å². The number of nitrogens with zero attached hydrogens (tertiary/aromatic N) is 1. The maximum Gasteiger partial charge on any atom is 0.0743 e. The van der Waals surface area contributed by atoms with Crippen molar-refractivity contribution in [2.24, 2.45) is 5.92 Å². The summed E-state index contributed by atoms with van der Waals surface area (Å²) in [6.45, 7) is 3.92. The summed E-state index contributed by atoms with van der Waals surface area (Å²) in [7, 11) is 0. The number of hydrogen-bond donors (Lipinski definition) is 2. The van der Waals surface area contributed by atoms with Crippen molar-refractivity contribution in [2.75, 3.05) is 24.2 Å². The molecular weight excluding hydrogens is 330 g/mol. The zero-order valence-corrected chi connectivity index (χ0v) is 13.7. The van der Waals surface area contributed by atoms with Crippen molar-refractivity contribution in [1.82, 2.24) is 4.98 Å². The van der Waals surface area contributed by atoms with Crippen LogP contribution in [0.2, 0.25) is 0 Å². The molecule has 0 amide bonds. The predicted octanol–water partition coefficient (Wildman–Crippen LogP) is 3.81. The van der Waals surface area contributed by atoms with Crippen molar-refractivity contribution in [2.45, 2.75) is 25.9 Å². The van der Waals surface area contributed by atoms with Crippen LogP contribution < -0.4 is 11.1 Å². The van der Waals surface area contributed by atoms with Crippen molar-refractivity contribution in [3.05, 3.63) is 28.9 Å². The molecule has 3 rings (SSSR count). The van der Waals surface area contributed by atoms with Crippen LogP contribution >= 0.6 is 15.9 Å². The Bertz CT molecular complexity index is 641. The highest BCUT2D eigenvalue weighted by molar-refractivity contribution is 9.10. The van der Waals surface area contributed by atoms with Crippen molar-refractivity contribution in [3.63, 3.8) is 0 Å². The Balaban J connectivity index is 1.86. The standard InChI is InChI=1S/C16H20BrN3O/c1-2-15-10(5-6-21-15)8-20-16-12-7-11(17)3-4-14(12)19-9-13(16)18/h3-4,7,9-10,15H,2,5-6,8,18H2,1H3,(H,19,20). The SMILES string of the molecule is CCC1OCCC1CNc1c(N)cnc2ccc(Br)cc12. The smallest absolute Gasteiger partial charge is 0.0743 e. The summed E-state index contributed by atoms with van der Waals surface area (Å²) in [6.07, 6.45) is 4.25. The first-order valence-corrected chi connectivity index (χ1v) is 8.17. The lowest BCUT2D eigenvalue weighted by Crippen LogP contribution is -2.23. The summed E-state index contributed by atoms with van der Waals surface area (Å²) in [6, 6.07) is 6.05. The van der Waals surface area contributed by atoms with E-state index in [0.29, 0.717) is 17.7 Å². The third-order valence-corrected chi connectivity index (χ3v) is 4.64. The number of nitrogens with one attached hydrogen (secondary N) is 1. The van der Waals surface area contributed by atoms with E-state index in [-0.39, 0.29) is 0 Å². The molecule has 2 heterocycles. The molecular formula is C16H20BrN3O. The lowest BCUT2D eigenvalue weighted by molar-refractivity contribution is 0.0900. The molecule has 0 bridgehead atoms. The highest BCUT2D eigenvalue weighted by atomic mass is 79.9. The molecule has 21 heavy (non-hydrogen) atoms. The number of fused-ring (bicyclic) bond motifs is 1. The van der Waals surface area contributed by atoms with Gasteiger partial charge < -0.3 is 15.8 Å². The minimum Gasteiger partial charge on any atom is -0.396 e. The first kappa shape index (κ1) is 14.6. The van der Waals surface area contributed by atoms with Crippen LogP contribution in [-0.4, -0.2) is 24.2 Å². The van der Waals surface area contributed by atoms with Gasteiger partial charge >= 0.3 is 0 Å². The Labute approximate surface area is 133 Å². The topological polar surface area (TPSA) is 60.2 Å². The van der Waals surface area contributed by atoms with Gasteiger partial charge in [-0.05, 0) is 31.0 Å². The van der Waals surface area contributed by atoms with Crippen LogP contribution in [0.15, 0.2) is 28.9 Å². The maximum absolute atomic E-state index is 6.12. The fraction of sp³-hybridized carbons (Fsp3) is 0.438. The second kappa shape index (κ2) is 6.20. The van der Waals surface area contributed by atoms with Crippen LogP contribution in [0.3, 0.4) is 0 Å². The van der Waals surface area contributed by atoms with Gasteiger partial charge in [-0.1, -0.05) is 22.9 Å². The molecule has 112 valence electrons. The van der Waals surface area contributed by atoms with Crippen molar-refractivity contribution < 1.29 is 4.74 Å². The van der Waals surface area contributed by atoms with Crippen LogP contribution in [-0.2, 0) is 4.74 Å². The van der Waals surface area contributed by atoms with Gasteiger partial charge in [-0.3, -0.25) is 4.98 Å². The second-order valence-electron chi connectivity index (χ2n) is 5.50. The van der Waals surface area contributed by atoms with Gasteiger partial charge in [-0.25, -0.2) is 0 Å². The van der Waals surface area contributed by atoms with Gasteiger partial charge in [-0.2, -0.15) is 0 Å². The molecule has 2 aromatic rings. The molecule has 1 aliphatic rings. The van der Waals surface area contributed by atoms with Gasteiger partial charge in [-0.15, -0.1) is 0 Å². The lowest BCUT2D eigenvalue weighted by atomic mass is 9.99. The molecule has 4 nitrogen and oxygen atoms in total. The number of nitrogens with two attached hydrogens (primary N) is 1. The zero-order valence-electron chi connectivity index (χ0n) is 12.1. The molecule has 1 aliphatic heterocycles. The molecule has 0 aliphatic carbocycles. The molecule has 2 atom stereocenters. The molecule has 3 N–H and O–H groups in total. The summed E-state index contributed by atoms with van der Waals surface area (Å²) in [5.74, 6) is 0.546. The summed E-state index contributed by atoms with van der Waals surface area (Å²) in [5.41, 5.74) is 8.73. The van der Waals surface area contributed by atoms with Crippen molar-refractivity contribution in [1.29, 1.82) is 0 Å². The Morgan fingerprint density at radius 3 is 3.14 bits per heavy atom. The summed E-state index contributed by atoms with van der Waals surface area (Å²) >= 11 is 3.51. The Hall–Kier alpha value is -1.33. The Morgan fingerprint density at radius 1 is 1.48 bits per heavy atom. The Kier molecular flexibility index (Phi) is 4.31. The second-order valence-corrected chi connectivity index (χ2v) is 6.41. The molecule has 1 saturated heterocycles. The monoisotopic (exact) mass is 349 g/mol. The molecule has 1 aromatic carbocycles. The maximum atomic E-state index is 6.12. The van der Waals surface area contributed by atoms with Crippen LogP contribution in [0, 0.1) is 5.92 Å². The zero-order chi connectivity index (χ0) is 14.8. The number of anilines is 2. The van der Waals surface area contributed by atoms with Crippen LogP contribution in [0.1, 0.15) is 19.8 Å². The van der Waals surface area contributed by atoms with E-state index < -0.39 is 0 Å². The number of rotatable bonds is 4. The summed E-state index contributed by atoms with van der Waals surface area (Å²) in [4.78, 5) is 4.38. The minimum atomic E-state index is 0.360. The first-order chi connectivity index (χ1) is 10.2. The third kappa shape index (κ3) is 2.99. The molecule has 0 saturated carbocycles. The van der Waals surface area contributed by atoms with Crippen LogP contribution in [0.4, 0.5) is 11.4 Å². The quantitative estimate of drug-likeness (QED) is 0.880. The van der Waals surface area contributed by atoms with Gasteiger partial charge in [0.05, 0.1) is 29.2 Å². The van der Waals surface area contributed by atoms with Gasteiger partial charge in [0.25, 0.3) is 0 Å². The van der Waals surface area contributed by atoms with E-state index in [9.17, 15) is 0 Å². The molecule has 5 heteroatoms. The van der Waals surface area contributed by atoms with E-state index in [2.05, 4.69) is 39.2 Å². The number of hydrogen-bond acceptors (Lipinski definition) is 4. The van der Waals surface area contributed by atoms with Crippen LogP contribution in [0.25, 0.3) is 10.9 Å². The molecule has 1 aromatic heterocycles. The number of aromatic nitrogens is 1. The van der Waals surface area contributed by atoms with Crippen molar-refractivity contribution in [3.8, 4) is 0 Å². The number of ether oxygens (including phenoxy) is 1. The highest BCUT2D eigenvalue weighted by Gasteiger charge is 2.26. The number of nitrogen functional groups attached to an aromatic ring is 1. The van der Waals surface area contributed by atoms with Gasteiger partial charge in [0.15, 0.2) is 0 Å². The molecule has 0 radical (unpaired) electrons. The number of halogens is 1. The molecule has 1 fully saturated rings.